The van der Waals surface area contributed by atoms with E-state index in [1.165, 1.54) is 0 Å². The summed E-state index contributed by atoms with van der Waals surface area (Å²) >= 11 is 3.31. The van der Waals surface area contributed by atoms with Crippen LogP contribution in [-0.2, 0) is 5.41 Å². The van der Waals surface area contributed by atoms with E-state index in [9.17, 15) is 4.79 Å². The van der Waals surface area contributed by atoms with Crippen LogP contribution in [0.5, 0.6) is 0 Å². The van der Waals surface area contributed by atoms with Gasteiger partial charge in [0, 0.05) is 10.0 Å². The topological polar surface area (TPSA) is 40.9 Å². The first kappa shape index (κ1) is 10.9. The monoisotopic (exact) mass is 251 g/mol. The molecule has 0 saturated heterocycles. The van der Waals surface area contributed by atoms with E-state index >= 15 is 0 Å². The molecule has 3 heteroatoms. The lowest BCUT2D eigenvalue weighted by Crippen LogP contribution is -2.14. The zero-order chi connectivity index (χ0) is 10.8. The van der Waals surface area contributed by atoms with E-state index in [1.807, 2.05) is 19.9 Å². The molecule has 2 nitrogen and oxygen atoms in total. The summed E-state index contributed by atoms with van der Waals surface area (Å²) in [6.07, 6.45) is 0.779. The van der Waals surface area contributed by atoms with Crippen molar-refractivity contribution in [1.29, 1.82) is 5.26 Å². The Bertz CT molecular complexity index is 404. The summed E-state index contributed by atoms with van der Waals surface area (Å²) in [6.45, 7) is 3.65. The molecule has 14 heavy (non-hydrogen) atoms. The van der Waals surface area contributed by atoms with Crippen LogP contribution in [0.1, 0.15) is 29.8 Å². The molecule has 0 saturated carbocycles. The van der Waals surface area contributed by atoms with Crippen LogP contribution in [0, 0.1) is 11.3 Å². The molecule has 0 amide bonds. The largest absolute Gasteiger partial charge is 0.298 e. The number of aldehydes is 1. The van der Waals surface area contributed by atoms with Gasteiger partial charge in [0.2, 0.25) is 0 Å². The molecule has 0 aliphatic heterocycles. The maximum absolute atomic E-state index is 10.6. The molecule has 1 aromatic rings. The molecule has 0 radical (unpaired) electrons. The summed E-state index contributed by atoms with van der Waals surface area (Å²) in [5, 5.41) is 8.95. The number of hydrogen-bond donors (Lipinski definition) is 0. The SMILES string of the molecule is CC(C)(C#N)c1cc(Br)cc(C=O)c1. The van der Waals surface area contributed by atoms with Gasteiger partial charge in [-0.2, -0.15) is 5.26 Å². The fourth-order valence-corrected chi connectivity index (χ4v) is 1.62. The quantitative estimate of drug-likeness (QED) is 0.759. The molecule has 72 valence electrons. The zero-order valence-corrected chi connectivity index (χ0v) is 9.63. The van der Waals surface area contributed by atoms with Crippen LogP contribution in [-0.4, -0.2) is 6.29 Å². The predicted octanol–water partition coefficient (Wildman–Crippen LogP) is 3.06. The lowest BCUT2D eigenvalue weighted by Gasteiger charge is -2.16. The Morgan fingerprint density at radius 2 is 2.07 bits per heavy atom. The van der Waals surface area contributed by atoms with Crippen LogP contribution in [0.2, 0.25) is 0 Å². The molecule has 0 unspecified atom stereocenters. The summed E-state index contributed by atoms with van der Waals surface area (Å²) < 4.78 is 0.820. The molecule has 1 aromatic carbocycles. The highest BCUT2D eigenvalue weighted by molar-refractivity contribution is 9.10. The lowest BCUT2D eigenvalue weighted by molar-refractivity contribution is 0.112. The Balaban J connectivity index is 3.30. The number of rotatable bonds is 2. The van der Waals surface area contributed by atoms with Gasteiger partial charge in [-0.05, 0) is 37.6 Å². The van der Waals surface area contributed by atoms with Crippen molar-refractivity contribution in [2.75, 3.05) is 0 Å². The van der Waals surface area contributed by atoms with E-state index in [-0.39, 0.29) is 0 Å². The Kier molecular flexibility index (Phi) is 3.07. The van der Waals surface area contributed by atoms with Gasteiger partial charge in [-0.3, -0.25) is 4.79 Å². The maximum atomic E-state index is 10.6. The summed E-state index contributed by atoms with van der Waals surface area (Å²) in [5.41, 5.74) is 0.857. The Morgan fingerprint density at radius 1 is 1.43 bits per heavy atom. The minimum atomic E-state index is -0.568. The summed E-state index contributed by atoms with van der Waals surface area (Å²) in [6, 6.07) is 7.52. The second-order valence-corrected chi connectivity index (χ2v) is 4.54. The first-order valence-corrected chi connectivity index (χ1v) is 4.96. The van der Waals surface area contributed by atoms with Gasteiger partial charge >= 0.3 is 0 Å². The van der Waals surface area contributed by atoms with Crippen molar-refractivity contribution >= 4 is 22.2 Å². The number of nitrogens with zero attached hydrogens (tertiary/aromatic N) is 1. The van der Waals surface area contributed by atoms with Crippen LogP contribution >= 0.6 is 15.9 Å². The van der Waals surface area contributed by atoms with Crippen molar-refractivity contribution in [1.82, 2.24) is 0 Å². The number of benzene rings is 1. The van der Waals surface area contributed by atoms with Crippen molar-refractivity contribution < 1.29 is 4.79 Å². The fraction of sp³-hybridized carbons (Fsp3) is 0.273. The van der Waals surface area contributed by atoms with Crippen LogP contribution in [0.15, 0.2) is 22.7 Å². The summed E-state index contributed by atoms with van der Waals surface area (Å²) in [7, 11) is 0. The standard InChI is InChI=1S/C11H10BrNO/c1-11(2,7-13)9-3-8(6-14)4-10(12)5-9/h3-6H,1-2H3. The highest BCUT2D eigenvalue weighted by Gasteiger charge is 2.20. The number of nitriles is 1. The molecule has 0 atom stereocenters. The van der Waals surface area contributed by atoms with Gasteiger partial charge in [0.05, 0.1) is 11.5 Å². The van der Waals surface area contributed by atoms with E-state index in [2.05, 4.69) is 22.0 Å². The van der Waals surface area contributed by atoms with Crippen molar-refractivity contribution in [3.8, 4) is 6.07 Å². The van der Waals surface area contributed by atoms with Crippen molar-refractivity contribution in [3.63, 3.8) is 0 Å². The van der Waals surface area contributed by atoms with Gasteiger partial charge in [-0.1, -0.05) is 15.9 Å². The molecule has 0 fully saturated rings. The highest BCUT2D eigenvalue weighted by atomic mass is 79.9. The molecule has 0 N–H and O–H groups in total. The maximum Gasteiger partial charge on any atom is 0.150 e. The molecule has 0 aromatic heterocycles. The van der Waals surface area contributed by atoms with E-state index in [4.69, 9.17) is 5.26 Å². The molecule has 0 aliphatic rings. The zero-order valence-electron chi connectivity index (χ0n) is 8.04. The Morgan fingerprint density at radius 3 is 2.57 bits per heavy atom. The third kappa shape index (κ3) is 2.21. The third-order valence-electron chi connectivity index (χ3n) is 2.06. The fourth-order valence-electron chi connectivity index (χ4n) is 1.11. The molecule has 0 aliphatic carbocycles. The lowest BCUT2D eigenvalue weighted by atomic mass is 9.86. The number of carbonyl (C=O) groups excluding carboxylic acids is 1. The number of hydrogen-bond acceptors (Lipinski definition) is 2. The highest BCUT2D eigenvalue weighted by Crippen LogP contribution is 2.26. The van der Waals surface area contributed by atoms with Crippen molar-refractivity contribution in [2.24, 2.45) is 0 Å². The van der Waals surface area contributed by atoms with Gasteiger partial charge in [-0.15, -0.1) is 0 Å². The number of carbonyl (C=O) groups is 1. The molecule has 0 heterocycles. The molecular weight excluding hydrogens is 242 g/mol. The van der Waals surface area contributed by atoms with E-state index < -0.39 is 5.41 Å². The minimum absolute atomic E-state index is 0.568. The van der Waals surface area contributed by atoms with Gasteiger partial charge in [0.15, 0.2) is 0 Å². The van der Waals surface area contributed by atoms with Crippen LogP contribution in [0.25, 0.3) is 0 Å². The molecule has 0 spiro atoms. The third-order valence-corrected chi connectivity index (χ3v) is 2.52. The number of halogens is 1. The first-order valence-electron chi connectivity index (χ1n) is 4.17. The predicted molar refractivity (Wildman–Crippen MR) is 58.2 cm³/mol. The second-order valence-electron chi connectivity index (χ2n) is 3.63. The van der Waals surface area contributed by atoms with Crippen LogP contribution in [0.3, 0.4) is 0 Å². The Hall–Kier alpha value is -1.14. The van der Waals surface area contributed by atoms with Gasteiger partial charge in [-0.25, -0.2) is 0 Å². The summed E-state index contributed by atoms with van der Waals surface area (Å²) in [4.78, 5) is 10.6. The van der Waals surface area contributed by atoms with Crippen molar-refractivity contribution in [3.05, 3.63) is 33.8 Å². The minimum Gasteiger partial charge on any atom is -0.298 e. The normalized spacial score (nSPS) is 10.7. The van der Waals surface area contributed by atoms with Gasteiger partial charge in [0.1, 0.15) is 6.29 Å². The van der Waals surface area contributed by atoms with E-state index in [0.717, 1.165) is 16.3 Å². The average Bonchev–Trinajstić information content (AvgIpc) is 2.16. The summed E-state index contributed by atoms with van der Waals surface area (Å²) in [5.74, 6) is 0. The smallest absolute Gasteiger partial charge is 0.150 e. The Labute approximate surface area is 91.7 Å². The van der Waals surface area contributed by atoms with E-state index in [0.29, 0.717) is 5.56 Å². The van der Waals surface area contributed by atoms with Crippen molar-refractivity contribution in [2.45, 2.75) is 19.3 Å². The second kappa shape index (κ2) is 3.93. The van der Waals surface area contributed by atoms with Gasteiger partial charge < -0.3 is 0 Å². The molecule has 0 bridgehead atoms. The molecule has 1 rings (SSSR count). The van der Waals surface area contributed by atoms with Crippen LogP contribution < -0.4 is 0 Å². The van der Waals surface area contributed by atoms with Gasteiger partial charge in [0.25, 0.3) is 0 Å². The molecular formula is C11H10BrNO. The van der Waals surface area contributed by atoms with Crippen LogP contribution in [0.4, 0.5) is 0 Å². The van der Waals surface area contributed by atoms with E-state index in [1.54, 1.807) is 12.1 Å². The average molecular weight is 252 g/mol. The first-order chi connectivity index (χ1) is 6.49.